The highest BCUT2D eigenvalue weighted by molar-refractivity contribution is 7.47. The molecule has 5 atom stereocenters. The number of hydrogen-bond acceptors (Lipinski definition) is 15. The van der Waals surface area contributed by atoms with Crippen molar-refractivity contribution in [1.82, 2.24) is 0 Å². The lowest BCUT2D eigenvalue weighted by molar-refractivity contribution is -0.161. The van der Waals surface area contributed by atoms with Crippen molar-refractivity contribution < 1.29 is 80.2 Å². The SMILES string of the molecule is CCCCCCCCCCCCCC(=O)OC[C@H](COP(=O)(O)OC[C@H](O)COP(=O)(O)OC[C@@H](COC(=O)CCCCCCCCCCCCCCC(C)C)OC(=O)CCCCCCCCCCCCCCCCCCCCC(C)C)OC(=O)CCCCCCCCCCCCCCC(C)C. The van der Waals surface area contributed by atoms with Gasteiger partial charge in [0.2, 0.25) is 0 Å². The summed E-state index contributed by atoms with van der Waals surface area (Å²) in [5.74, 6) is 0.272. The highest BCUT2D eigenvalue weighted by atomic mass is 31.2. The van der Waals surface area contributed by atoms with Gasteiger partial charge in [0.25, 0.3) is 0 Å². The van der Waals surface area contributed by atoms with Crippen LogP contribution in [0.2, 0.25) is 0 Å². The van der Waals surface area contributed by atoms with Crippen LogP contribution in [0.3, 0.4) is 0 Å². The summed E-state index contributed by atoms with van der Waals surface area (Å²) in [7, 11) is -9.92. The Morgan fingerprint density at radius 3 is 0.667 bits per heavy atom. The van der Waals surface area contributed by atoms with E-state index in [2.05, 4.69) is 48.5 Å². The van der Waals surface area contributed by atoms with E-state index in [0.717, 1.165) is 108 Å². The predicted octanol–water partition coefficient (Wildman–Crippen LogP) is 24.9. The lowest BCUT2D eigenvalue weighted by atomic mass is 10.0. The van der Waals surface area contributed by atoms with Crippen molar-refractivity contribution in [2.24, 2.45) is 17.8 Å². The van der Waals surface area contributed by atoms with Crippen molar-refractivity contribution in [3.8, 4) is 0 Å². The van der Waals surface area contributed by atoms with Crippen molar-refractivity contribution in [3.63, 3.8) is 0 Å². The molecule has 0 aliphatic carbocycles. The van der Waals surface area contributed by atoms with E-state index in [9.17, 15) is 43.2 Å². The van der Waals surface area contributed by atoms with Crippen molar-refractivity contribution in [3.05, 3.63) is 0 Å². The molecule has 0 aromatic rings. The molecule has 2 unspecified atom stereocenters. The van der Waals surface area contributed by atoms with Crippen molar-refractivity contribution >= 4 is 39.5 Å². The predicted molar refractivity (Wildman–Crippen MR) is 418 cm³/mol. The van der Waals surface area contributed by atoms with Gasteiger partial charge in [-0.2, -0.15) is 0 Å². The zero-order chi connectivity index (χ0) is 75.1. The number of unbranched alkanes of at least 4 members (excludes halogenated alkanes) is 49. The van der Waals surface area contributed by atoms with Crippen LogP contribution in [0.4, 0.5) is 0 Å². The number of carbonyl (C=O) groups excluding carboxylic acids is 4. The van der Waals surface area contributed by atoms with E-state index in [1.165, 1.54) is 244 Å². The number of esters is 4. The minimum absolute atomic E-state index is 0.107. The molecule has 0 aliphatic heterocycles. The van der Waals surface area contributed by atoms with Gasteiger partial charge in [-0.3, -0.25) is 37.3 Å². The fraction of sp³-hybridized carbons (Fsp3) is 0.952. The number of hydrogen-bond donors (Lipinski definition) is 3. The molecule has 0 bridgehead atoms. The summed E-state index contributed by atoms with van der Waals surface area (Å²) in [6, 6.07) is 0. The van der Waals surface area contributed by atoms with Crippen LogP contribution in [0.1, 0.15) is 434 Å². The molecular formula is C83H162O17P2. The molecule has 0 spiro atoms. The van der Waals surface area contributed by atoms with E-state index < -0.39 is 97.5 Å². The second kappa shape index (κ2) is 73.2. The number of carbonyl (C=O) groups is 4. The molecule has 0 heterocycles. The second-order valence-corrected chi connectivity index (χ2v) is 34.2. The number of ether oxygens (including phenoxy) is 4. The van der Waals surface area contributed by atoms with Gasteiger partial charge in [0.1, 0.15) is 19.3 Å². The molecule has 3 N–H and O–H groups in total. The standard InChI is InChI=1S/C83H162O17P2/c1-8-9-10-11-12-13-26-36-43-50-57-64-80(85)93-70-78(100-83(88)67-60-53-46-39-32-25-23-29-35-42-49-56-63-76(6)7)72-97-101(89,90)95-68-77(84)69-96-102(91,92)98-73-79(71-94-81(86)65-58-51-44-37-30-24-22-28-34-41-48-55-62-75(4)5)99-82(87)66-59-52-45-38-31-21-19-17-15-14-16-18-20-27-33-40-47-54-61-74(2)3/h74-79,84H,8-73H2,1-7H3,(H,89,90)(H,91,92)/t77-,78+,79+/m0/s1. The highest BCUT2D eigenvalue weighted by Gasteiger charge is 2.30. The minimum Gasteiger partial charge on any atom is -0.462 e. The van der Waals surface area contributed by atoms with Crippen LogP contribution in [-0.4, -0.2) is 96.7 Å². The summed E-state index contributed by atoms with van der Waals surface area (Å²) in [5.41, 5.74) is 0. The third-order valence-corrected chi connectivity index (χ3v) is 21.3. The minimum atomic E-state index is -4.96. The van der Waals surface area contributed by atoms with Crippen molar-refractivity contribution in [1.29, 1.82) is 0 Å². The smallest absolute Gasteiger partial charge is 0.462 e. The van der Waals surface area contributed by atoms with Crippen LogP contribution in [0.15, 0.2) is 0 Å². The van der Waals surface area contributed by atoms with Gasteiger partial charge < -0.3 is 33.8 Å². The van der Waals surface area contributed by atoms with Gasteiger partial charge in [-0.05, 0) is 43.4 Å². The first kappa shape index (κ1) is 100. The molecule has 0 aliphatic rings. The summed E-state index contributed by atoms with van der Waals surface area (Å²) >= 11 is 0. The first-order chi connectivity index (χ1) is 49.2. The van der Waals surface area contributed by atoms with E-state index >= 15 is 0 Å². The Morgan fingerprint density at radius 2 is 0.451 bits per heavy atom. The van der Waals surface area contributed by atoms with Crippen LogP contribution >= 0.6 is 15.6 Å². The Morgan fingerprint density at radius 1 is 0.265 bits per heavy atom. The van der Waals surface area contributed by atoms with Gasteiger partial charge in [0, 0.05) is 25.7 Å². The topological polar surface area (TPSA) is 237 Å². The second-order valence-electron chi connectivity index (χ2n) is 31.3. The molecule has 17 nitrogen and oxygen atoms in total. The van der Waals surface area contributed by atoms with Crippen LogP contribution in [0, 0.1) is 17.8 Å². The maximum atomic E-state index is 13.1. The van der Waals surface area contributed by atoms with Crippen molar-refractivity contribution in [2.75, 3.05) is 39.6 Å². The van der Waals surface area contributed by atoms with Crippen LogP contribution in [-0.2, 0) is 65.4 Å². The Labute approximate surface area is 626 Å². The lowest BCUT2D eigenvalue weighted by Crippen LogP contribution is -2.30. The molecule has 0 saturated carbocycles. The maximum Gasteiger partial charge on any atom is 0.472 e. The Kier molecular flexibility index (Phi) is 71.8. The Hall–Kier alpha value is -1.94. The fourth-order valence-electron chi connectivity index (χ4n) is 12.8. The van der Waals surface area contributed by atoms with E-state index in [1.807, 2.05) is 0 Å². The molecular weight excluding hydrogens is 1330 g/mol. The van der Waals surface area contributed by atoms with E-state index in [-0.39, 0.29) is 25.7 Å². The number of phosphoric acid groups is 2. The monoisotopic (exact) mass is 1490 g/mol. The first-order valence-electron chi connectivity index (χ1n) is 42.8. The van der Waals surface area contributed by atoms with Gasteiger partial charge in [0.05, 0.1) is 26.4 Å². The van der Waals surface area contributed by atoms with Gasteiger partial charge in [-0.15, -0.1) is 0 Å². The maximum absolute atomic E-state index is 13.1. The molecule has 0 radical (unpaired) electrons. The van der Waals surface area contributed by atoms with E-state index in [4.69, 9.17) is 37.0 Å². The molecule has 0 amide bonds. The summed E-state index contributed by atoms with van der Waals surface area (Å²) in [5, 5.41) is 10.7. The molecule has 102 heavy (non-hydrogen) atoms. The van der Waals surface area contributed by atoms with Crippen molar-refractivity contribution in [2.45, 2.75) is 452 Å². The van der Waals surface area contributed by atoms with E-state index in [0.29, 0.717) is 25.7 Å². The number of aliphatic hydroxyl groups is 1. The third-order valence-electron chi connectivity index (χ3n) is 19.4. The summed E-state index contributed by atoms with van der Waals surface area (Å²) in [4.78, 5) is 73.1. The number of phosphoric ester groups is 2. The summed E-state index contributed by atoms with van der Waals surface area (Å²) < 4.78 is 68.8. The zero-order valence-electron chi connectivity index (χ0n) is 67.1. The van der Waals surface area contributed by atoms with Crippen LogP contribution in [0.25, 0.3) is 0 Å². The fourth-order valence-corrected chi connectivity index (χ4v) is 14.4. The number of rotatable bonds is 81. The van der Waals surface area contributed by atoms with Crippen LogP contribution in [0.5, 0.6) is 0 Å². The normalized spacial score (nSPS) is 13.9. The zero-order valence-corrected chi connectivity index (χ0v) is 68.9. The molecule has 0 aromatic heterocycles. The first-order valence-corrected chi connectivity index (χ1v) is 45.8. The van der Waals surface area contributed by atoms with Gasteiger partial charge in [-0.1, -0.05) is 382 Å². The van der Waals surface area contributed by atoms with Gasteiger partial charge in [0.15, 0.2) is 12.2 Å². The Bertz CT molecular complexity index is 1970. The molecule has 0 fully saturated rings. The Balaban J connectivity index is 5.24. The molecule has 0 rings (SSSR count). The van der Waals surface area contributed by atoms with E-state index in [1.54, 1.807) is 0 Å². The molecule has 0 aromatic carbocycles. The van der Waals surface area contributed by atoms with Gasteiger partial charge >= 0.3 is 39.5 Å². The lowest BCUT2D eigenvalue weighted by Gasteiger charge is -2.21. The average Bonchev–Trinajstić information content (AvgIpc) is 0.914. The summed E-state index contributed by atoms with van der Waals surface area (Å²) in [6.07, 6.45) is 62.4. The molecule has 606 valence electrons. The quantitative estimate of drug-likeness (QED) is 0.0222. The number of aliphatic hydroxyl groups excluding tert-OH is 1. The molecule has 0 saturated heterocycles. The third kappa shape index (κ3) is 76.3. The average molecular weight is 1490 g/mol. The van der Waals surface area contributed by atoms with Gasteiger partial charge in [-0.25, -0.2) is 9.13 Å². The largest absolute Gasteiger partial charge is 0.472 e. The summed E-state index contributed by atoms with van der Waals surface area (Å²) in [6.45, 7) is 12.0. The van der Waals surface area contributed by atoms with Crippen LogP contribution < -0.4 is 0 Å². The molecule has 19 heteroatoms. The highest BCUT2D eigenvalue weighted by Crippen LogP contribution is 2.45.